The van der Waals surface area contributed by atoms with Gasteiger partial charge in [-0.15, -0.1) is 0 Å². The van der Waals surface area contributed by atoms with Crippen LogP contribution in [0.1, 0.15) is 13.8 Å². The SMILES string of the molecule is CC(C)C(=O)N(CCn1cccn1)c1nc2ccc(F)cc2s1. The van der Waals surface area contributed by atoms with Gasteiger partial charge in [0.15, 0.2) is 5.13 Å². The molecule has 0 unspecified atom stereocenters. The van der Waals surface area contributed by atoms with Gasteiger partial charge < -0.3 is 0 Å². The number of benzene rings is 1. The molecule has 0 aliphatic rings. The van der Waals surface area contributed by atoms with E-state index in [2.05, 4.69) is 10.1 Å². The van der Waals surface area contributed by atoms with Gasteiger partial charge in [-0.1, -0.05) is 25.2 Å². The van der Waals surface area contributed by atoms with Crippen LogP contribution in [0, 0.1) is 11.7 Å². The standard InChI is InChI=1S/C16H17FN4OS/c1-11(2)15(22)21(9-8-20-7-3-6-18-20)16-19-13-5-4-12(17)10-14(13)23-16/h3-7,10-11H,8-9H2,1-2H3. The predicted octanol–water partition coefficient (Wildman–Crippen LogP) is 3.32. The molecule has 0 saturated carbocycles. The number of carbonyl (C=O) groups excluding carboxylic acids is 1. The first-order valence-electron chi connectivity index (χ1n) is 7.39. The molecule has 2 heterocycles. The van der Waals surface area contributed by atoms with Gasteiger partial charge >= 0.3 is 0 Å². The van der Waals surface area contributed by atoms with Gasteiger partial charge in [-0.2, -0.15) is 5.10 Å². The first-order chi connectivity index (χ1) is 11.0. The Bertz CT molecular complexity index is 813. The lowest BCUT2D eigenvalue weighted by Crippen LogP contribution is -2.36. The van der Waals surface area contributed by atoms with E-state index >= 15 is 0 Å². The van der Waals surface area contributed by atoms with E-state index in [9.17, 15) is 9.18 Å². The molecule has 0 N–H and O–H groups in total. The highest BCUT2D eigenvalue weighted by Crippen LogP contribution is 2.30. The summed E-state index contributed by atoms with van der Waals surface area (Å²) in [5.74, 6) is -0.445. The van der Waals surface area contributed by atoms with E-state index in [1.807, 2.05) is 26.1 Å². The minimum Gasteiger partial charge on any atom is -0.286 e. The minimum absolute atomic E-state index is 0.00307. The van der Waals surface area contributed by atoms with Crippen LogP contribution in [0.5, 0.6) is 0 Å². The van der Waals surface area contributed by atoms with E-state index in [1.54, 1.807) is 21.8 Å². The van der Waals surface area contributed by atoms with Crippen LogP contribution in [0.4, 0.5) is 9.52 Å². The summed E-state index contributed by atoms with van der Waals surface area (Å²) in [5, 5.41) is 4.75. The lowest BCUT2D eigenvalue weighted by atomic mass is 10.2. The van der Waals surface area contributed by atoms with Crippen molar-refractivity contribution in [3.63, 3.8) is 0 Å². The van der Waals surface area contributed by atoms with Crippen molar-refractivity contribution in [2.45, 2.75) is 20.4 Å². The van der Waals surface area contributed by atoms with Crippen LogP contribution >= 0.6 is 11.3 Å². The van der Waals surface area contributed by atoms with Crippen LogP contribution in [-0.4, -0.2) is 27.2 Å². The second-order valence-electron chi connectivity index (χ2n) is 5.52. The first-order valence-corrected chi connectivity index (χ1v) is 8.21. The molecule has 7 heteroatoms. The summed E-state index contributed by atoms with van der Waals surface area (Å²) in [7, 11) is 0. The number of rotatable bonds is 5. The Hall–Kier alpha value is -2.28. The Morgan fingerprint density at radius 3 is 2.96 bits per heavy atom. The van der Waals surface area contributed by atoms with E-state index in [0.717, 1.165) is 4.70 Å². The van der Waals surface area contributed by atoms with Crippen LogP contribution in [0.15, 0.2) is 36.7 Å². The molecule has 1 amide bonds. The average molecular weight is 332 g/mol. The second kappa shape index (κ2) is 6.45. The number of carbonyl (C=O) groups is 1. The van der Waals surface area contributed by atoms with E-state index in [-0.39, 0.29) is 17.6 Å². The van der Waals surface area contributed by atoms with Crippen LogP contribution in [0.25, 0.3) is 10.2 Å². The van der Waals surface area contributed by atoms with E-state index in [1.165, 1.54) is 23.5 Å². The van der Waals surface area contributed by atoms with Crippen molar-refractivity contribution < 1.29 is 9.18 Å². The Labute approximate surface area is 137 Å². The molecule has 2 aromatic heterocycles. The summed E-state index contributed by atoms with van der Waals surface area (Å²) < 4.78 is 15.9. The van der Waals surface area contributed by atoms with E-state index in [0.29, 0.717) is 23.7 Å². The normalized spacial score (nSPS) is 11.3. The smallest absolute Gasteiger partial charge is 0.231 e. The second-order valence-corrected chi connectivity index (χ2v) is 6.53. The van der Waals surface area contributed by atoms with Gasteiger partial charge in [0, 0.05) is 24.9 Å². The van der Waals surface area contributed by atoms with Crippen molar-refractivity contribution in [2.24, 2.45) is 5.92 Å². The summed E-state index contributed by atoms with van der Waals surface area (Å²) in [4.78, 5) is 18.7. The molecular weight excluding hydrogens is 315 g/mol. The maximum Gasteiger partial charge on any atom is 0.231 e. The molecule has 0 spiro atoms. The number of fused-ring (bicyclic) bond motifs is 1. The molecule has 0 fully saturated rings. The minimum atomic E-state index is -0.300. The van der Waals surface area contributed by atoms with Gasteiger partial charge in [0.25, 0.3) is 0 Å². The topological polar surface area (TPSA) is 51.0 Å². The molecule has 3 aromatic rings. The lowest BCUT2D eigenvalue weighted by Gasteiger charge is -2.21. The molecule has 5 nitrogen and oxygen atoms in total. The average Bonchev–Trinajstić information content (AvgIpc) is 3.15. The zero-order valence-electron chi connectivity index (χ0n) is 12.9. The molecule has 0 saturated heterocycles. The monoisotopic (exact) mass is 332 g/mol. The fourth-order valence-electron chi connectivity index (χ4n) is 2.25. The van der Waals surface area contributed by atoms with Crippen LogP contribution in [0.3, 0.4) is 0 Å². The van der Waals surface area contributed by atoms with Crippen LogP contribution < -0.4 is 4.90 Å². The fraction of sp³-hybridized carbons (Fsp3) is 0.312. The lowest BCUT2D eigenvalue weighted by molar-refractivity contribution is -0.121. The quantitative estimate of drug-likeness (QED) is 0.720. The number of aromatic nitrogens is 3. The van der Waals surface area contributed by atoms with E-state index in [4.69, 9.17) is 0 Å². The van der Waals surface area contributed by atoms with Crippen molar-refractivity contribution in [3.05, 3.63) is 42.5 Å². The van der Waals surface area contributed by atoms with Crippen LogP contribution in [0.2, 0.25) is 0 Å². The number of hydrogen-bond donors (Lipinski definition) is 0. The third kappa shape index (κ3) is 3.39. The first kappa shape index (κ1) is 15.6. The van der Waals surface area contributed by atoms with Crippen molar-refractivity contribution in [1.82, 2.24) is 14.8 Å². The fourth-order valence-corrected chi connectivity index (χ4v) is 3.27. The number of thiazole rings is 1. The summed E-state index contributed by atoms with van der Waals surface area (Å²) in [6.07, 6.45) is 3.56. The van der Waals surface area contributed by atoms with Gasteiger partial charge in [-0.05, 0) is 24.3 Å². The molecule has 1 aromatic carbocycles. The van der Waals surface area contributed by atoms with Crippen molar-refractivity contribution in [1.29, 1.82) is 0 Å². The Balaban J connectivity index is 1.90. The van der Waals surface area contributed by atoms with Gasteiger partial charge in [0.1, 0.15) is 5.82 Å². The highest BCUT2D eigenvalue weighted by Gasteiger charge is 2.22. The zero-order chi connectivity index (χ0) is 16.4. The molecule has 23 heavy (non-hydrogen) atoms. The predicted molar refractivity (Wildman–Crippen MR) is 89.0 cm³/mol. The molecule has 120 valence electrons. The zero-order valence-corrected chi connectivity index (χ0v) is 13.8. The Morgan fingerprint density at radius 1 is 1.43 bits per heavy atom. The molecule has 0 radical (unpaired) electrons. The largest absolute Gasteiger partial charge is 0.286 e. The van der Waals surface area contributed by atoms with Crippen LogP contribution in [-0.2, 0) is 11.3 Å². The number of nitrogens with zero attached hydrogens (tertiary/aromatic N) is 4. The van der Waals surface area contributed by atoms with Gasteiger partial charge in [0.2, 0.25) is 5.91 Å². The summed E-state index contributed by atoms with van der Waals surface area (Å²) >= 11 is 1.33. The number of amides is 1. The molecule has 0 atom stereocenters. The highest BCUT2D eigenvalue weighted by atomic mass is 32.1. The van der Waals surface area contributed by atoms with Crippen molar-refractivity contribution in [3.8, 4) is 0 Å². The highest BCUT2D eigenvalue weighted by molar-refractivity contribution is 7.22. The van der Waals surface area contributed by atoms with Gasteiger partial charge in [-0.25, -0.2) is 9.37 Å². The summed E-state index contributed by atoms with van der Waals surface area (Å²) in [5.41, 5.74) is 0.701. The Morgan fingerprint density at radius 2 is 2.26 bits per heavy atom. The van der Waals surface area contributed by atoms with Crippen molar-refractivity contribution in [2.75, 3.05) is 11.4 Å². The van der Waals surface area contributed by atoms with E-state index < -0.39 is 0 Å². The molecule has 0 aliphatic heterocycles. The molecule has 3 rings (SSSR count). The third-order valence-electron chi connectivity index (χ3n) is 3.44. The maximum atomic E-state index is 13.4. The number of hydrogen-bond acceptors (Lipinski definition) is 4. The molecule has 0 aliphatic carbocycles. The summed E-state index contributed by atoms with van der Waals surface area (Å²) in [6, 6.07) is 6.30. The van der Waals surface area contributed by atoms with Gasteiger partial charge in [0.05, 0.1) is 16.8 Å². The number of halogens is 1. The Kier molecular flexibility index (Phi) is 4.38. The van der Waals surface area contributed by atoms with Gasteiger partial charge in [-0.3, -0.25) is 14.4 Å². The summed E-state index contributed by atoms with van der Waals surface area (Å²) in [6.45, 7) is 4.77. The van der Waals surface area contributed by atoms with Crippen molar-refractivity contribution >= 4 is 32.6 Å². The number of anilines is 1. The molecule has 0 bridgehead atoms. The maximum absolute atomic E-state index is 13.4. The molecular formula is C16H17FN4OS. The third-order valence-corrected chi connectivity index (χ3v) is 4.48.